The minimum Gasteiger partial charge on any atom is -0.497 e. The van der Waals surface area contributed by atoms with Gasteiger partial charge in [-0.2, -0.15) is 0 Å². The third-order valence-electron chi connectivity index (χ3n) is 3.31. The van der Waals surface area contributed by atoms with E-state index in [2.05, 4.69) is 17.2 Å². The smallest absolute Gasteiger partial charge is 0.243 e. The van der Waals surface area contributed by atoms with Gasteiger partial charge in [-0.15, -0.1) is 0 Å². The third kappa shape index (κ3) is 6.41. The highest BCUT2D eigenvalue weighted by Gasteiger charge is 1.98. The molecule has 2 aromatic carbocycles. The summed E-state index contributed by atoms with van der Waals surface area (Å²) in [6.07, 6.45) is 4.89. The molecule has 0 saturated carbocycles. The molecule has 0 aliphatic heterocycles. The summed E-state index contributed by atoms with van der Waals surface area (Å²) >= 11 is 0. The monoisotopic (exact) mass is 319 g/mol. The van der Waals surface area contributed by atoms with Crippen molar-refractivity contribution in [2.75, 3.05) is 7.11 Å². The molecule has 0 spiro atoms. The molecule has 24 heavy (non-hydrogen) atoms. The molecule has 0 unspecified atom stereocenters. The standard InChI is InChI=1S/C21H21NO2/c1-24-20-14-9-13-19(16-20)17-22-21(23)15-8-3-2-5-10-18-11-6-4-7-12-18/h4,6-9,11-16H,2-3,17H2,1H3,(H,22,23)/b15-8+. The molecule has 0 fully saturated rings. The first-order valence-electron chi connectivity index (χ1n) is 7.89. The number of methoxy groups -OCH3 is 1. The molecule has 0 atom stereocenters. The number of ether oxygens (including phenoxy) is 1. The van der Waals surface area contributed by atoms with E-state index in [1.54, 1.807) is 13.2 Å². The van der Waals surface area contributed by atoms with Crippen LogP contribution in [0.15, 0.2) is 66.7 Å². The summed E-state index contributed by atoms with van der Waals surface area (Å²) in [5.74, 6) is 6.88. The van der Waals surface area contributed by atoms with E-state index in [1.165, 1.54) is 0 Å². The van der Waals surface area contributed by atoms with Gasteiger partial charge in [0.1, 0.15) is 5.75 Å². The number of carbonyl (C=O) groups excluding carboxylic acids is 1. The molecule has 0 radical (unpaired) electrons. The van der Waals surface area contributed by atoms with E-state index in [0.717, 1.165) is 29.7 Å². The quantitative estimate of drug-likeness (QED) is 0.501. The van der Waals surface area contributed by atoms with Crippen molar-refractivity contribution < 1.29 is 9.53 Å². The molecule has 2 rings (SSSR count). The zero-order valence-electron chi connectivity index (χ0n) is 13.8. The van der Waals surface area contributed by atoms with Crippen molar-refractivity contribution in [2.24, 2.45) is 0 Å². The van der Waals surface area contributed by atoms with Crippen LogP contribution in [0.1, 0.15) is 24.0 Å². The Labute approximate surface area is 143 Å². The van der Waals surface area contributed by atoms with Crippen molar-refractivity contribution in [3.8, 4) is 17.6 Å². The van der Waals surface area contributed by atoms with Crippen LogP contribution in [-0.2, 0) is 11.3 Å². The fraction of sp³-hybridized carbons (Fsp3) is 0.190. The number of amides is 1. The van der Waals surface area contributed by atoms with Crippen molar-refractivity contribution in [2.45, 2.75) is 19.4 Å². The average Bonchev–Trinajstić information content (AvgIpc) is 2.64. The van der Waals surface area contributed by atoms with Gasteiger partial charge in [-0.25, -0.2) is 0 Å². The first-order valence-corrected chi connectivity index (χ1v) is 7.89. The molecule has 0 bridgehead atoms. The molecule has 0 heterocycles. The maximum Gasteiger partial charge on any atom is 0.243 e. The van der Waals surface area contributed by atoms with Crippen LogP contribution in [0.4, 0.5) is 0 Å². The second-order valence-electron chi connectivity index (χ2n) is 5.18. The number of rotatable bonds is 6. The lowest BCUT2D eigenvalue weighted by Crippen LogP contribution is -2.20. The summed E-state index contributed by atoms with van der Waals surface area (Å²) in [5.41, 5.74) is 2.02. The lowest BCUT2D eigenvalue weighted by atomic mass is 10.2. The molecule has 122 valence electrons. The van der Waals surface area contributed by atoms with Gasteiger partial charge in [0, 0.05) is 18.5 Å². The van der Waals surface area contributed by atoms with Crippen LogP contribution >= 0.6 is 0 Å². The maximum atomic E-state index is 11.8. The van der Waals surface area contributed by atoms with Crippen LogP contribution in [0, 0.1) is 11.8 Å². The number of hydrogen-bond acceptors (Lipinski definition) is 2. The summed E-state index contributed by atoms with van der Waals surface area (Å²) < 4.78 is 5.16. The number of unbranched alkanes of at least 4 members (excludes halogenated alkanes) is 1. The molecule has 0 aliphatic rings. The van der Waals surface area contributed by atoms with E-state index in [4.69, 9.17) is 4.74 Å². The van der Waals surface area contributed by atoms with Gasteiger partial charge in [0.2, 0.25) is 5.91 Å². The first-order chi connectivity index (χ1) is 11.8. The van der Waals surface area contributed by atoms with E-state index in [1.807, 2.05) is 60.7 Å². The van der Waals surface area contributed by atoms with Crippen LogP contribution in [0.2, 0.25) is 0 Å². The van der Waals surface area contributed by atoms with Crippen LogP contribution in [0.25, 0.3) is 0 Å². The Balaban J connectivity index is 1.68. The van der Waals surface area contributed by atoms with Gasteiger partial charge in [-0.1, -0.05) is 48.2 Å². The van der Waals surface area contributed by atoms with Crippen LogP contribution < -0.4 is 10.1 Å². The molecule has 1 N–H and O–H groups in total. The van der Waals surface area contributed by atoms with E-state index in [-0.39, 0.29) is 5.91 Å². The number of carbonyl (C=O) groups is 1. The van der Waals surface area contributed by atoms with Gasteiger partial charge in [0.05, 0.1) is 7.11 Å². The SMILES string of the molecule is COc1cccc(CNC(=O)/C=C/CCC#Cc2ccccc2)c1. The molecule has 3 heteroatoms. The predicted octanol–water partition coefficient (Wildman–Crippen LogP) is 3.70. The van der Waals surface area contributed by atoms with E-state index >= 15 is 0 Å². The molecule has 0 saturated heterocycles. The molecule has 3 nitrogen and oxygen atoms in total. The Hall–Kier alpha value is -2.99. The van der Waals surface area contributed by atoms with Crippen molar-refractivity contribution in [3.05, 3.63) is 77.9 Å². The molecular weight excluding hydrogens is 298 g/mol. The van der Waals surface area contributed by atoms with E-state index in [0.29, 0.717) is 6.54 Å². The van der Waals surface area contributed by atoms with Crippen LogP contribution in [0.5, 0.6) is 5.75 Å². The second kappa shape index (κ2) is 9.91. The van der Waals surface area contributed by atoms with E-state index in [9.17, 15) is 4.79 Å². The number of allylic oxidation sites excluding steroid dienone is 1. The van der Waals surface area contributed by atoms with Gasteiger partial charge >= 0.3 is 0 Å². The topological polar surface area (TPSA) is 38.3 Å². The lowest BCUT2D eigenvalue weighted by molar-refractivity contribution is -0.116. The highest BCUT2D eigenvalue weighted by atomic mass is 16.5. The first kappa shape index (κ1) is 17.4. The Bertz CT molecular complexity index is 739. The minimum absolute atomic E-state index is 0.103. The fourth-order valence-corrected chi connectivity index (χ4v) is 2.06. The number of benzene rings is 2. The fourth-order valence-electron chi connectivity index (χ4n) is 2.06. The van der Waals surface area contributed by atoms with Crippen molar-refractivity contribution >= 4 is 5.91 Å². The second-order valence-corrected chi connectivity index (χ2v) is 5.18. The van der Waals surface area contributed by atoms with Gasteiger partial charge in [-0.3, -0.25) is 4.79 Å². The van der Waals surface area contributed by atoms with Crippen molar-refractivity contribution in [1.29, 1.82) is 0 Å². The molecule has 0 aliphatic carbocycles. The summed E-state index contributed by atoms with van der Waals surface area (Å²) in [7, 11) is 1.63. The Morgan fingerprint density at radius 3 is 2.79 bits per heavy atom. The molecule has 2 aromatic rings. The molecule has 1 amide bonds. The largest absolute Gasteiger partial charge is 0.497 e. The van der Waals surface area contributed by atoms with Gasteiger partial charge < -0.3 is 10.1 Å². The van der Waals surface area contributed by atoms with Crippen LogP contribution in [-0.4, -0.2) is 13.0 Å². The normalized spacial score (nSPS) is 10.0. The van der Waals surface area contributed by atoms with Crippen LogP contribution in [0.3, 0.4) is 0 Å². The van der Waals surface area contributed by atoms with Crippen molar-refractivity contribution in [3.63, 3.8) is 0 Å². The van der Waals surface area contributed by atoms with Gasteiger partial charge in [-0.05, 0) is 42.3 Å². The number of hydrogen-bond donors (Lipinski definition) is 1. The summed E-state index contributed by atoms with van der Waals surface area (Å²) in [4.78, 5) is 11.8. The maximum absolute atomic E-state index is 11.8. The minimum atomic E-state index is -0.103. The molecule has 0 aromatic heterocycles. The third-order valence-corrected chi connectivity index (χ3v) is 3.31. The Morgan fingerprint density at radius 2 is 2.00 bits per heavy atom. The van der Waals surface area contributed by atoms with E-state index < -0.39 is 0 Å². The zero-order chi connectivity index (χ0) is 17.0. The number of nitrogens with one attached hydrogen (secondary N) is 1. The average molecular weight is 319 g/mol. The molecular formula is C21H21NO2. The highest BCUT2D eigenvalue weighted by Crippen LogP contribution is 2.12. The summed E-state index contributed by atoms with van der Waals surface area (Å²) in [5, 5.41) is 2.85. The zero-order valence-corrected chi connectivity index (χ0v) is 13.8. The predicted molar refractivity (Wildman–Crippen MR) is 96.5 cm³/mol. The summed E-state index contributed by atoms with van der Waals surface area (Å²) in [6, 6.07) is 17.5. The Morgan fingerprint density at radius 1 is 1.17 bits per heavy atom. The Kier molecular flexibility index (Phi) is 7.17. The van der Waals surface area contributed by atoms with Crippen molar-refractivity contribution in [1.82, 2.24) is 5.32 Å². The van der Waals surface area contributed by atoms with Gasteiger partial charge in [0.25, 0.3) is 0 Å². The highest BCUT2D eigenvalue weighted by molar-refractivity contribution is 5.87. The van der Waals surface area contributed by atoms with Gasteiger partial charge in [0.15, 0.2) is 0 Å². The lowest BCUT2D eigenvalue weighted by Gasteiger charge is -2.05. The summed E-state index contributed by atoms with van der Waals surface area (Å²) in [6.45, 7) is 0.480.